The van der Waals surface area contributed by atoms with Gasteiger partial charge in [0.25, 0.3) is 5.91 Å². The van der Waals surface area contributed by atoms with Crippen LogP contribution in [0.5, 0.6) is 0 Å². The highest BCUT2D eigenvalue weighted by atomic mass is 16.3. The molecule has 0 radical (unpaired) electrons. The summed E-state index contributed by atoms with van der Waals surface area (Å²) in [4.78, 5) is 11.7. The molecule has 0 saturated heterocycles. The van der Waals surface area contributed by atoms with Crippen LogP contribution in [0.25, 0.3) is 0 Å². The van der Waals surface area contributed by atoms with Gasteiger partial charge in [0.1, 0.15) is 12.0 Å². The minimum Gasteiger partial charge on any atom is -0.467 e. The highest BCUT2D eigenvalue weighted by Crippen LogP contribution is 2.08. The summed E-state index contributed by atoms with van der Waals surface area (Å²) < 4.78 is 5.09. The molecule has 0 aliphatic rings. The van der Waals surface area contributed by atoms with E-state index < -0.39 is 0 Å². The van der Waals surface area contributed by atoms with Gasteiger partial charge in [0.05, 0.1) is 12.1 Å². The summed E-state index contributed by atoms with van der Waals surface area (Å²) in [5, 5.41) is 2.89. The molecular formula is C11H18N2O2. The van der Waals surface area contributed by atoms with Gasteiger partial charge in [-0.2, -0.15) is 0 Å². The summed E-state index contributed by atoms with van der Waals surface area (Å²) >= 11 is 0. The van der Waals surface area contributed by atoms with Gasteiger partial charge in [-0.25, -0.2) is 0 Å². The smallest absolute Gasteiger partial charge is 0.254 e. The van der Waals surface area contributed by atoms with Crippen LogP contribution in [0.15, 0.2) is 16.7 Å². The minimum absolute atomic E-state index is 0.111. The molecule has 1 aromatic rings. The average molecular weight is 210 g/mol. The molecule has 3 N–H and O–H groups in total. The molecule has 1 heterocycles. The summed E-state index contributed by atoms with van der Waals surface area (Å²) in [5.41, 5.74) is 5.92. The number of nitrogens with two attached hydrogens (primary N) is 1. The van der Waals surface area contributed by atoms with E-state index in [-0.39, 0.29) is 11.9 Å². The van der Waals surface area contributed by atoms with Gasteiger partial charge in [-0.05, 0) is 18.9 Å². The Morgan fingerprint density at radius 2 is 2.20 bits per heavy atom. The number of hydrogen-bond acceptors (Lipinski definition) is 3. The third kappa shape index (κ3) is 3.09. The summed E-state index contributed by atoms with van der Waals surface area (Å²) in [7, 11) is 0. The maximum absolute atomic E-state index is 11.7. The fourth-order valence-electron chi connectivity index (χ4n) is 1.06. The molecule has 1 unspecified atom stereocenters. The summed E-state index contributed by atoms with van der Waals surface area (Å²) in [6.45, 7) is 6.41. The van der Waals surface area contributed by atoms with E-state index in [1.54, 1.807) is 6.07 Å². The van der Waals surface area contributed by atoms with Crippen molar-refractivity contribution in [2.75, 3.05) is 0 Å². The lowest BCUT2D eigenvalue weighted by atomic mass is 10.1. The van der Waals surface area contributed by atoms with E-state index >= 15 is 0 Å². The Morgan fingerprint density at radius 3 is 2.67 bits per heavy atom. The molecule has 1 aromatic heterocycles. The van der Waals surface area contributed by atoms with E-state index in [0.29, 0.717) is 23.8 Å². The number of amides is 1. The second-order valence-corrected chi connectivity index (χ2v) is 4.01. The van der Waals surface area contributed by atoms with Crippen LogP contribution in [0.2, 0.25) is 0 Å². The molecule has 1 atom stereocenters. The fraction of sp³-hybridized carbons (Fsp3) is 0.545. The van der Waals surface area contributed by atoms with Gasteiger partial charge < -0.3 is 15.5 Å². The Balaban J connectivity index is 2.61. The predicted octanol–water partition coefficient (Wildman–Crippen LogP) is 1.51. The van der Waals surface area contributed by atoms with Gasteiger partial charge in [-0.1, -0.05) is 13.8 Å². The molecule has 0 bridgehead atoms. The van der Waals surface area contributed by atoms with E-state index in [0.717, 1.165) is 0 Å². The van der Waals surface area contributed by atoms with Gasteiger partial charge in [-0.3, -0.25) is 4.79 Å². The highest BCUT2D eigenvalue weighted by molar-refractivity contribution is 5.94. The lowest BCUT2D eigenvalue weighted by Crippen LogP contribution is -2.35. The first-order valence-corrected chi connectivity index (χ1v) is 5.13. The van der Waals surface area contributed by atoms with Crippen LogP contribution in [0.3, 0.4) is 0 Å². The van der Waals surface area contributed by atoms with Crippen LogP contribution in [0.1, 0.15) is 36.9 Å². The van der Waals surface area contributed by atoms with Crippen LogP contribution >= 0.6 is 0 Å². The standard InChI is InChI=1S/C11H18N2O2/c1-7(2)8(3)13-11(14)9-4-10(5-12)15-6-9/h4,6-8H,5,12H2,1-3H3,(H,13,14). The molecule has 4 nitrogen and oxygen atoms in total. The lowest BCUT2D eigenvalue weighted by Gasteiger charge is -2.16. The number of furan rings is 1. The quantitative estimate of drug-likeness (QED) is 0.791. The monoisotopic (exact) mass is 210 g/mol. The Morgan fingerprint density at radius 1 is 1.53 bits per heavy atom. The molecule has 0 aliphatic carbocycles. The Labute approximate surface area is 89.8 Å². The van der Waals surface area contributed by atoms with Gasteiger partial charge in [0.2, 0.25) is 0 Å². The molecule has 84 valence electrons. The third-order valence-corrected chi connectivity index (χ3v) is 2.48. The molecule has 0 fully saturated rings. The third-order valence-electron chi connectivity index (χ3n) is 2.48. The fourth-order valence-corrected chi connectivity index (χ4v) is 1.06. The van der Waals surface area contributed by atoms with Crippen LogP contribution < -0.4 is 11.1 Å². The van der Waals surface area contributed by atoms with Crippen molar-refractivity contribution < 1.29 is 9.21 Å². The van der Waals surface area contributed by atoms with Crippen molar-refractivity contribution in [3.63, 3.8) is 0 Å². The molecule has 1 amide bonds. The van der Waals surface area contributed by atoms with Gasteiger partial charge in [-0.15, -0.1) is 0 Å². The minimum atomic E-state index is -0.111. The predicted molar refractivity (Wildman–Crippen MR) is 58.4 cm³/mol. The number of nitrogens with one attached hydrogen (secondary N) is 1. The van der Waals surface area contributed by atoms with E-state index in [4.69, 9.17) is 10.2 Å². The molecule has 0 aromatic carbocycles. The van der Waals surface area contributed by atoms with Crippen molar-refractivity contribution in [3.05, 3.63) is 23.7 Å². The first-order valence-electron chi connectivity index (χ1n) is 5.13. The first kappa shape index (κ1) is 11.8. The van der Waals surface area contributed by atoms with Crippen LogP contribution in [0.4, 0.5) is 0 Å². The van der Waals surface area contributed by atoms with Crippen LogP contribution in [0, 0.1) is 5.92 Å². The van der Waals surface area contributed by atoms with Gasteiger partial charge in [0, 0.05) is 6.04 Å². The number of carbonyl (C=O) groups excluding carboxylic acids is 1. The average Bonchev–Trinajstić information content (AvgIpc) is 2.65. The first-order chi connectivity index (χ1) is 7.04. The van der Waals surface area contributed by atoms with E-state index in [1.165, 1.54) is 6.26 Å². The van der Waals surface area contributed by atoms with Crippen molar-refractivity contribution in [1.29, 1.82) is 0 Å². The zero-order valence-corrected chi connectivity index (χ0v) is 9.41. The topological polar surface area (TPSA) is 68.3 Å². The van der Waals surface area contributed by atoms with Gasteiger partial charge >= 0.3 is 0 Å². The summed E-state index contributed by atoms with van der Waals surface area (Å²) in [6, 6.07) is 1.82. The summed E-state index contributed by atoms with van der Waals surface area (Å²) in [5.74, 6) is 0.923. The number of carbonyl (C=O) groups is 1. The lowest BCUT2D eigenvalue weighted by molar-refractivity contribution is 0.0930. The zero-order chi connectivity index (χ0) is 11.4. The Kier molecular flexibility index (Phi) is 3.91. The molecule has 0 spiro atoms. The molecule has 0 aliphatic heterocycles. The normalized spacial score (nSPS) is 12.9. The van der Waals surface area contributed by atoms with Crippen molar-refractivity contribution in [2.45, 2.75) is 33.4 Å². The highest BCUT2D eigenvalue weighted by Gasteiger charge is 2.14. The van der Waals surface area contributed by atoms with Crippen molar-refractivity contribution >= 4 is 5.91 Å². The van der Waals surface area contributed by atoms with Crippen LogP contribution in [-0.2, 0) is 6.54 Å². The SMILES string of the molecule is CC(C)C(C)NC(=O)c1coc(CN)c1. The Hall–Kier alpha value is -1.29. The van der Waals surface area contributed by atoms with E-state index in [9.17, 15) is 4.79 Å². The number of hydrogen-bond donors (Lipinski definition) is 2. The maximum Gasteiger partial charge on any atom is 0.254 e. The van der Waals surface area contributed by atoms with Crippen molar-refractivity contribution in [2.24, 2.45) is 11.7 Å². The van der Waals surface area contributed by atoms with Crippen LogP contribution in [-0.4, -0.2) is 11.9 Å². The van der Waals surface area contributed by atoms with E-state index in [1.807, 2.05) is 6.92 Å². The molecule has 15 heavy (non-hydrogen) atoms. The molecule has 1 rings (SSSR count). The molecule has 0 saturated carbocycles. The largest absolute Gasteiger partial charge is 0.467 e. The molecule has 4 heteroatoms. The second kappa shape index (κ2) is 4.98. The maximum atomic E-state index is 11.7. The zero-order valence-electron chi connectivity index (χ0n) is 9.41. The van der Waals surface area contributed by atoms with E-state index in [2.05, 4.69) is 19.2 Å². The summed E-state index contributed by atoms with van der Waals surface area (Å²) in [6.07, 6.45) is 1.44. The second-order valence-electron chi connectivity index (χ2n) is 4.01. The number of rotatable bonds is 4. The van der Waals surface area contributed by atoms with Crippen molar-refractivity contribution in [1.82, 2.24) is 5.32 Å². The molecular weight excluding hydrogens is 192 g/mol. The van der Waals surface area contributed by atoms with Crippen molar-refractivity contribution in [3.8, 4) is 0 Å². The Bertz CT molecular complexity index is 331. The van der Waals surface area contributed by atoms with Gasteiger partial charge in [0.15, 0.2) is 0 Å².